The Morgan fingerprint density at radius 2 is 1.10 bits per heavy atom. The predicted molar refractivity (Wildman–Crippen MR) is 141 cm³/mol. The van der Waals surface area contributed by atoms with Crippen LogP contribution in [-0.4, -0.2) is 54.4 Å². The normalized spacial score (nSPS) is 14.0. The molecule has 0 aromatic carbocycles. The second-order valence-electron chi connectivity index (χ2n) is 11.6. The van der Waals surface area contributed by atoms with Gasteiger partial charge in [0, 0.05) is 5.57 Å². The van der Waals surface area contributed by atoms with Crippen molar-refractivity contribution in [2.75, 3.05) is 6.61 Å². The summed E-state index contributed by atoms with van der Waals surface area (Å²) >= 11 is 0. The fourth-order valence-corrected chi connectivity index (χ4v) is 28.6. The minimum absolute atomic E-state index is 0.314. The highest BCUT2D eigenvalue weighted by atomic mass is 28.5. The van der Waals surface area contributed by atoms with Gasteiger partial charge in [-0.3, -0.25) is 0 Å². The molecule has 0 aliphatic heterocycles. The summed E-state index contributed by atoms with van der Waals surface area (Å²) in [5.74, 6) is -0.314. The van der Waals surface area contributed by atoms with Gasteiger partial charge >= 0.3 is 14.5 Å². The van der Waals surface area contributed by atoms with Gasteiger partial charge in [0.1, 0.15) is 0 Å². The first-order chi connectivity index (χ1) is 13.2. The summed E-state index contributed by atoms with van der Waals surface area (Å²) in [6, 6.07) is 3.22. The number of hydrogen-bond donors (Lipinski definition) is 0. The van der Waals surface area contributed by atoms with E-state index in [9.17, 15) is 4.79 Å². The Bertz CT molecular complexity index is 583. The van der Waals surface area contributed by atoms with Crippen molar-refractivity contribution in [3.8, 4) is 0 Å². The van der Waals surface area contributed by atoms with Crippen molar-refractivity contribution in [2.45, 2.75) is 103 Å². The van der Waals surface area contributed by atoms with Crippen LogP contribution in [0.3, 0.4) is 0 Å². The van der Waals surface area contributed by atoms with Crippen molar-refractivity contribution in [3.63, 3.8) is 0 Å². The summed E-state index contributed by atoms with van der Waals surface area (Å²) in [5, 5.41) is 0. The molecule has 0 N–H and O–H groups in total. The van der Waals surface area contributed by atoms with Gasteiger partial charge in [-0.25, -0.2) is 4.79 Å². The quantitative estimate of drug-likeness (QED) is 0.113. The van der Waals surface area contributed by atoms with Crippen LogP contribution in [0.15, 0.2) is 12.2 Å². The zero-order valence-electron chi connectivity index (χ0n) is 21.8. The van der Waals surface area contributed by atoms with Crippen molar-refractivity contribution in [1.82, 2.24) is 0 Å². The molecule has 0 unspecified atom stereocenters. The number of carbonyl (C=O) groups is 1. The topological polar surface area (TPSA) is 54.0 Å². The molecule has 0 amide bonds. The zero-order chi connectivity index (χ0) is 24.0. The van der Waals surface area contributed by atoms with Gasteiger partial charge in [0.15, 0.2) is 33.3 Å². The van der Waals surface area contributed by atoms with E-state index in [1.54, 1.807) is 6.92 Å². The van der Waals surface area contributed by atoms with Crippen LogP contribution in [0.5, 0.6) is 0 Å². The molecule has 0 fully saturated rings. The lowest BCUT2D eigenvalue weighted by Crippen LogP contribution is -2.53. The summed E-state index contributed by atoms with van der Waals surface area (Å²) in [4.78, 5) is 11.5. The lowest BCUT2D eigenvalue weighted by atomic mass is 10.4. The SMILES string of the molecule is C=C(C)C(=O)OCCC[Si](C)(C)O[Si](C)(C)O[Si](C)(C)CC[Si](C)(C)O[Si](C)(C)C. The Morgan fingerprint density at radius 1 is 0.700 bits per heavy atom. The molecule has 5 nitrogen and oxygen atoms in total. The first-order valence-electron chi connectivity index (χ1n) is 11.1. The Morgan fingerprint density at radius 3 is 1.50 bits per heavy atom. The molecule has 30 heavy (non-hydrogen) atoms. The van der Waals surface area contributed by atoms with E-state index >= 15 is 0 Å². The smallest absolute Gasteiger partial charge is 0.333 e. The monoisotopic (exact) mass is 508 g/mol. The molecule has 0 saturated carbocycles. The summed E-state index contributed by atoms with van der Waals surface area (Å²) in [7, 11) is -9.13. The summed E-state index contributed by atoms with van der Waals surface area (Å²) in [5.41, 5.74) is 0.443. The van der Waals surface area contributed by atoms with Crippen LogP contribution in [0.2, 0.25) is 90.1 Å². The van der Waals surface area contributed by atoms with E-state index in [-0.39, 0.29) is 5.97 Å². The maximum Gasteiger partial charge on any atom is 0.333 e. The van der Waals surface area contributed by atoms with E-state index in [4.69, 9.17) is 17.1 Å². The van der Waals surface area contributed by atoms with Crippen LogP contribution in [0.25, 0.3) is 0 Å². The third-order valence-electron chi connectivity index (χ3n) is 4.46. The minimum atomic E-state index is -2.23. The van der Waals surface area contributed by atoms with Gasteiger partial charge in [-0.05, 0) is 103 Å². The minimum Gasteiger partial charge on any atom is -0.462 e. The van der Waals surface area contributed by atoms with Crippen LogP contribution in [0.1, 0.15) is 13.3 Å². The van der Waals surface area contributed by atoms with Crippen LogP contribution >= 0.6 is 0 Å². The standard InChI is InChI=1S/C20H48O5Si5/c1-19(2)20(21)22-15-14-16-27(6,7)24-30(12,13)25-29(10,11)18-17-28(8,9)23-26(3,4)5/h1,14-18H2,2-13H3. The highest BCUT2D eigenvalue weighted by Crippen LogP contribution is 2.29. The molecule has 0 saturated heterocycles. The third kappa shape index (κ3) is 15.1. The molecule has 0 bridgehead atoms. The number of hydrogen-bond acceptors (Lipinski definition) is 5. The maximum atomic E-state index is 11.5. The molecule has 0 atom stereocenters. The Balaban J connectivity index is 4.67. The summed E-state index contributed by atoms with van der Waals surface area (Å²) in [6.45, 7) is 30.7. The lowest BCUT2D eigenvalue weighted by molar-refractivity contribution is -0.138. The van der Waals surface area contributed by atoms with E-state index in [0.717, 1.165) is 24.6 Å². The molecule has 0 rings (SSSR count). The van der Waals surface area contributed by atoms with Crippen LogP contribution in [0, 0.1) is 0 Å². The lowest BCUT2D eigenvalue weighted by Gasteiger charge is -2.40. The van der Waals surface area contributed by atoms with E-state index in [0.29, 0.717) is 12.2 Å². The van der Waals surface area contributed by atoms with Crippen molar-refractivity contribution >= 4 is 47.8 Å². The molecule has 0 heterocycles. The molecule has 0 aromatic rings. The summed E-state index contributed by atoms with van der Waals surface area (Å²) < 4.78 is 25.1. The van der Waals surface area contributed by atoms with E-state index < -0.39 is 41.8 Å². The number of carbonyl (C=O) groups excluding carboxylic acids is 1. The highest BCUT2D eigenvalue weighted by Gasteiger charge is 2.40. The Hall–Kier alpha value is 0.174. The summed E-state index contributed by atoms with van der Waals surface area (Å²) in [6.07, 6.45) is 0.817. The van der Waals surface area contributed by atoms with Gasteiger partial charge in [-0.15, -0.1) is 0 Å². The molecule has 0 aromatic heterocycles. The third-order valence-corrected chi connectivity index (χ3v) is 22.4. The highest BCUT2D eigenvalue weighted by molar-refractivity contribution is 6.89. The van der Waals surface area contributed by atoms with Crippen molar-refractivity contribution in [3.05, 3.63) is 12.2 Å². The second-order valence-corrected chi connectivity index (χ2v) is 33.1. The van der Waals surface area contributed by atoms with Gasteiger partial charge in [-0.1, -0.05) is 6.58 Å². The second kappa shape index (κ2) is 11.3. The number of rotatable bonds is 14. The maximum absolute atomic E-state index is 11.5. The van der Waals surface area contributed by atoms with Gasteiger partial charge in [0.25, 0.3) is 0 Å². The molecular weight excluding hydrogens is 461 g/mol. The molecule has 0 aliphatic rings. The predicted octanol–water partition coefficient (Wildman–Crippen LogP) is 6.70. The van der Waals surface area contributed by atoms with Crippen LogP contribution in [0.4, 0.5) is 0 Å². The van der Waals surface area contributed by atoms with Gasteiger partial charge in [0.2, 0.25) is 0 Å². The Labute approximate surface area is 191 Å². The molecule has 178 valence electrons. The number of esters is 1. The van der Waals surface area contributed by atoms with E-state index in [1.807, 2.05) is 0 Å². The molecule has 0 spiro atoms. The van der Waals surface area contributed by atoms with E-state index in [1.165, 1.54) is 0 Å². The fourth-order valence-electron chi connectivity index (χ4n) is 3.72. The van der Waals surface area contributed by atoms with Gasteiger partial charge in [-0.2, -0.15) is 0 Å². The average molecular weight is 509 g/mol. The number of ether oxygens (including phenoxy) is 1. The molecular formula is C20H48O5Si5. The molecule has 0 aliphatic carbocycles. The van der Waals surface area contributed by atoms with Crippen molar-refractivity contribution < 1.29 is 21.9 Å². The van der Waals surface area contributed by atoms with Crippen molar-refractivity contribution in [1.29, 1.82) is 0 Å². The average Bonchev–Trinajstić information content (AvgIpc) is 2.44. The zero-order valence-corrected chi connectivity index (χ0v) is 26.8. The van der Waals surface area contributed by atoms with E-state index in [2.05, 4.69) is 78.6 Å². The largest absolute Gasteiger partial charge is 0.462 e. The van der Waals surface area contributed by atoms with Gasteiger partial charge < -0.3 is 17.1 Å². The first kappa shape index (κ1) is 30.2. The van der Waals surface area contributed by atoms with Crippen LogP contribution in [-0.2, 0) is 21.9 Å². The molecule has 0 radical (unpaired) electrons. The fraction of sp³-hybridized carbons (Fsp3) is 0.850. The Kier molecular flexibility index (Phi) is 11.4. The van der Waals surface area contributed by atoms with Gasteiger partial charge in [0.05, 0.1) is 6.61 Å². The first-order valence-corrected chi connectivity index (χ1v) is 26.7. The molecule has 10 heteroatoms. The van der Waals surface area contributed by atoms with Crippen molar-refractivity contribution in [2.24, 2.45) is 0 Å². The van der Waals surface area contributed by atoms with Crippen LogP contribution < -0.4 is 0 Å².